The Morgan fingerprint density at radius 2 is 1.78 bits per heavy atom. The molecule has 0 aromatic carbocycles. The molecule has 1 saturated carbocycles. The van der Waals surface area contributed by atoms with Crippen LogP contribution in [0, 0.1) is 0 Å². The van der Waals surface area contributed by atoms with E-state index in [4.69, 9.17) is 0 Å². The summed E-state index contributed by atoms with van der Waals surface area (Å²) in [6, 6.07) is 0.483. The number of rotatable bonds is 4. The molecule has 2 N–H and O–H groups in total. The molecule has 0 radical (unpaired) electrons. The molecule has 0 aromatic rings. The van der Waals surface area contributed by atoms with Crippen molar-refractivity contribution < 1.29 is 9.59 Å². The Hall–Kier alpha value is -1.32. The van der Waals surface area contributed by atoms with Gasteiger partial charge >= 0.3 is 0 Å². The minimum atomic E-state index is 0.483. The third-order valence-corrected chi connectivity index (χ3v) is 3.44. The fourth-order valence-electron chi connectivity index (χ4n) is 2.41. The first kappa shape index (κ1) is 14.7. The van der Waals surface area contributed by atoms with E-state index in [0.29, 0.717) is 6.04 Å². The summed E-state index contributed by atoms with van der Waals surface area (Å²) in [6.07, 6.45) is 14.6. The highest BCUT2D eigenvalue weighted by atomic mass is 16.1. The summed E-state index contributed by atoms with van der Waals surface area (Å²) in [5.74, 6) is 0. The highest BCUT2D eigenvalue weighted by Gasteiger charge is 2.10. The van der Waals surface area contributed by atoms with Crippen molar-refractivity contribution in [2.45, 2.75) is 63.8 Å². The number of carbonyl (C=O) groups is 2. The van der Waals surface area contributed by atoms with Crippen LogP contribution in [0.5, 0.6) is 0 Å². The van der Waals surface area contributed by atoms with Crippen molar-refractivity contribution in [3.05, 3.63) is 11.8 Å². The van der Waals surface area contributed by atoms with E-state index in [-0.39, 0.29) is 0 Å². The molecule has 0 aliphatic heterocycles. The summed E-state index contributed by atoms with van der Waals surface area (Å²) in [5, 5.41) is 5.47. The molecule has 18 heavy (non-hydrogen) atoms. The van der Waals surface area contributed by atoms with E-state index in [1.807, 2.05) is 0 Å². The lowest BCUT2D eigenvalue weighted by Gasteiger charge is -2.19. The van der Waals surface area contributed by atoms with Gasteiger partial charge in [0.25, 0.3) is 0 Å². The maximum absolute atomic E-state index is 9.96. The summed E-state index contributed by atoms with van der Waals surface area (Å²) in [6.45, 7) is 0. The monoisotopic (exact) mass is 252 g/mol. The van der Waals surface area contributed by atoms with Crippen LogP contribution in [0.2, 0.25) is 0 Å². The Bertz CT molecular complexity index is 271. The number of amides is 2. The third-order valence-electron chi connectivity index (χ3n) is 3.44. The van der Waals surface area contributed by atoms with Crippen LogP contribution in [0.3, 0.4) is 0 Å². The Kier molecular flexibility index (Phi) is 7.93. The summed E-state index contributed by atoms with van der Waals surface area (Å²) in [4.78, 5) is 19.9. The molecule has 0 heterocycles. The van der Waals surface area contributed by atoms with E-state index in [1.165, 1.54) is 44.9 Å². The van der Waals surface area contributed by atoms with Crippen LogP contribution in [0.15, 0.2) is 11.8 Å². The Labute approximate surface area is 109 Å². The second-order valence-corrected chi connectivity index (χ2v) is 4.86. The van der Waals surface area contributed by atoms with Crippen LogP contribution >= 0.6 is 0 Å². The van der Waals surface area contributed by atoms with Crippen LogP contribution in [-0.4, -0.2) is 18.9 Å². The lowest BCUT2D eigenvalue weighted by molar-refractivity contribution is -0.110. The standard InChI is InChI=1S/C7H13NO.C7H11NO/c2*9-6-8-7-4-2-1-3-5-7/h6-7H,1-5H2,(H,8,9);4,6H,1-3,5H2,(H,8,9). The van der Waals surface area contributed by atoms with Crippen molar-refractivity contribution in [2.75, 3.05) is 0 Å². The zero-order valence-corrected chi connectivity index (χ0v) is 11.0. The SMILES string of the molecule is O=CNC1=CCCCC1.O=CNC1CCCCC1. The molecule has 102 valence electrons. The molecule has 4 nitrogen and oxygen atoms in total. The van der Waals surface area contributed by atoms with Crippen LogP contribution in [-0.2, 0) is 9.59 Å². The molecule has 0 aromatic heterocycles. The molecular weight excluding hydrogens is 228 g/mol. The largest absolute Gasteiger partial charge is 0.356 e. The normalized spacial score (nSPS) is 19.9. The Balaban J connectivity index is 0.000000180. The molecule has 0 atom stereocenters. The summed E-state index contributed by atoms with van der Waals surface area (Å²) >= 11 is 0. The highest BCUT2D eigenvalue weighted by Crippen LogP contribution is 2.16. The predicted molar refractivity (Wildman–Crippen MR) is 71.8 cm³/mol. The average molecular weight is 252 g/mol. The summed E-state index contributed by atoms with van der Waals surface area (Å²) in [5.41, 5.74) is 1.09. The van der Waals surface area contributed by atoms with E-state index in [0.717, 1.165) is 31.4 Å². The zero-order valence-electron chi connectivity index (χ0n) is 11.0. The van der Waals surface area contributed by atoms with Gasteiger partial charge in [-0.25, -0.2) is 0 Å². The maximum atomic E-state index is 9.96. The van der Waals surface area contributed by atoms with Crippen molar-refractivity contribution in [1.82, 2.24) is 10.6 Å². The quantitative estimate of drug-likeness (QED) is 0.754. The molecule has 0 unspecified atom stereocenters. The van der Waals surface area contributed by atoms with Gasteiger partial charge in [-0.2, -0.15) is 0 Å². The van der Waals surface area contributed by atoms with Crippen molar-refractivity contribution in [1.29, 1.82) is 0 Å². The molecular formula is C14H24N2O2. The first-order valence-electron chi connectivity index (χ1n) is 6.95. The molecule has 4 heteroatoms. The molecule has 2 aliphatic rings. The first-order chi connectivity index (χ1) is 8.86. The van der Waals surface area contributed by atoms with Gasteiger partial charge in [0.2, 0.25) is 12.8 Å². The Morgan fingerprint density at radius 1 is 1.00 bits per heavy atom. The second kappa shape index (κ2) is 9.68. The number of hydrogen-bond donors (Lipinski definition) is 2. The molecule has 0 spiro atoms. The Morgan fingerprint density at radius 3 is 2.33 bits per heavy atom. The van der Waals surface area contributed by atoms with Crippen LogP contribution < -0.4 is 10.6 Å². The van der Waals surface area contributed by atoms with Crippen LogP contribution in [0.25, 0.3) is 0 Å². The van der Waals surface area contributed by atoms with Gasteiger partial charge in [0.1, 0.15) is 0 Å². The van der Waals surface area contributed by atoms with Crippen LogP contribution in [0.4, 0.5) is 0 Å². The molecule has 1 fully saturated rings. The summed E-state index contributed by atoms with van der Waals surface area (Å²) in [7, 11) is 0. The second-order valence-electron chi connectivity index (χ2n) is 4.86. The molecule has 2 aliphatic carbocycles. The van der Waals surface area contributed by atoms with Gasteiger partial charge in [0, 0.05) is 11.7 Å². The van der Waals surface area contributed by atoms with Crippen molar-refractivity contribution in [2.24, 2.45) is 0 Å². The van der Waals surface area contributed by atoms with E-state index in [2.05, 4.69) is 16.7 Å². The number of hydrogen-bond acceptors (Lipinski definition) is 2. The lowest BCUT2D eigenvalue weighted by atomic mass is 9.96. The van der Waals surface area contributed by atoms with E-state index < -0.39 is 0 Å². The molecule has 0 bridgehead atoms. The van der Waals surface area contributed by atoms with Gasteiger partial charge in [0.05, 0.1) is 0 Å². The van der Waals surface area contributed by atoms with E-state index in [9.17, 15) is 9.59 Å². The molecule has 0 saturated heterocycles. The fourth-order valence-corrected chi connectivity index (χ4v) is 2.41. The average Bonchev–Trinajstić information content (AvgIpc) is 2.43. The topological polar surface area (TPSA) is 58.2 Å². The summed E-state index contributed by atoms with van der Waals surface area (Å²) < 4.78 is 0. The van der Waals surface area contributed by atoms with Gasteiger partial charge in [0.15, 0.2) is 0 Å². The zero-order chi connectivity index (χ0) is 13.1. The fraction of sp³-hybridized carbons (Fsp3) is 0.714. The number of carbonyl (C=O) groups excluding carboxylic acids is 2. The molecule has 2 rings (SSSR count). The minimum absolute atomic E-state index is 0.483. The van der Waals surface area contributed by atoms with Gasteiger partial charge < -0.3 is 10.6 Å². The van der Waals surface area contributed by atoms with E-state index in [1.54, 1.807) is 0 Å². The van der Waals surface area contributed by atoms with Gasteiger partial charge in [-0.1, -0.05) is 25.3 Å². The third kappa shape index (κ3) is 6.42. The van der Waals surface area contributed by atoms with Gasteiger partial charge in [-0.3, -0.25) is 9.59 Å². The maximum Gasteiger partial charge on any atom is 0.211 e. The molecule has 2 amide bonds. The van der Waals surface area contributed by atoms with Gasteiger partial charge in [-0.15, -0.1) is 0 Å². The minimum Gasteiger partial charge on any atom is -0.356 e. The number of allylic oxidation sites excluding steroid dienone is 2. The van der Waals surface area contributed by atoms with E-state index >= 15 is 0 Å². The van der Waals surface area contributed by atoms with Crippen molar-refractivity contribution >= 4 is 12.8 Å². The van der Waals surface area contributed by atoms with Crippen molar-refractivity contribution in [3.63, 3.8) is 0 Å². The highest BCUT2D eigenvalue weighted by molar-refractivity contribution is 5.50. The lowest BCUT2D eigenvalue weighted by Crippen LogP contribution is -2.29. The predicted octanol–water partition coefficient (Wildman–Crippen LogP) is 2.26. The van der Waals surface area contributed by atoms with Gasteiger partial charge in [-0.05, 0) is 38.5 Å². The first-order valence-corrected chi connectivity index (χ1v) is 6.95. The smallest absolute Gasteiger partial charge is 0.211 e. The van der Waals surface area contributed by atoms with Crippen LogP contribution in [0.1, 0.15) is 57.8 Å². The number of nitrogens with one attached hydrogen (secondary N) is 2. The van der Waals surface area contributed by atoms with Crippen molar-refractivity contribution in [3.8, 4) is 0 Å².